The summed E-state index contributed by atoms with van der Waals surface area (Å²) >= 11 is 0. The number of halogens is 3. The molecule has 0 saturated carbocycles. The van der Waals surface area contributed by atoms with Crippen molar-refractivity contribution in [3.05, 3.63) is 41.5 Å². The summed E-state index contributed by atoms with van der Waals surface area (Å²) in [5.41, 5.74) is 1.36. The summed E-state index contributed by atoms with van der Waals surface area (Å²) in [6.07, 6.45) is -5.56. The molecule has 0 amide bonds. The summed E-state index contributed by atoms with van der Waals surface area (Å²) in [6, 6.07) is 6.91. The van der Waals surface area contributed by atoms with Gasteiger partial charge in [0.1, 0.15) is 0 Å². The lowest BCUT2D eigenvalue weighted by atomic mass is 9.84. The second kappa shape index (κ2) is 5.16. The van der Waals surface area contributed by atoms with E-state index in [-0.39, 0.29) is 11.3 Å². The molecule has 0 unspecified atom stereocenters. The molecule has 0 saturated heterocycles. The summed E-state index contributed by atoms with van der Waals surface area (Å²) < 4.78 is 63.6. The minimum absolute atomic E-state index is 0.150. The summed E-state index contributed by atoms with van der Waals surface area (Å²) in [5, 5.41) is 0. The molecule has 0 aliphatic heterocycles. The van der Waals surface area contributed by atoms with E-state index in [2.05, 4.69) is 0 Å². The highest BCUT2D eigenvalue weighted by Gasteiger charge is 2.64. The van der Waals surface area contributed by atoms with Crippen molar-refractivity contribution < 1.29 is 21.6 Å². The van der Waals surface area contributed by atoms with Crippen molar-refractivity contribution in [1.29, 1.82) is 0 Å². The molecule has 0 bridgehead atoms. The Bertz CT molecular complexity index is 660. The number of alkyl halides is 3. The smallest absolute Gasteiger partial charge is 0.223 e. The highest BCUT2D eigenvalue weighted by atomic mass is 32.2. The van der Waals surface area contributed by atoms with Crippen LogP contribution in [0.2, 0.25) is 0 Å². The summed E-state index contributed by atoms with van der Waals surface area (Å²) in [7, 11) is -4.50. The fraction of sp³-hybridized carbons (Fsp3) is 0.467. The molecular weight excluding hydrogens is 301 g/mol. The zero-order valence-electron chi connectivity index (χ0n) is 11.9. The van der Waals surface area contributed by atoms with E-state index in [9.17, 15) is 21.6 Å². The van der Waals surface area contributed by atoms with E-state index in [1.165, 1.54) is 24.3 Å². The van der Waals surface area contributed by atoms with Gasteiger partial charge >= 0.3 is 6.18 Å². The molecule has 0 N–H and O–H groups in total. The van der Waals surface area contributed by atoms with E-state index in [4.69, 9.17) is 0 Å². The topological polar surface area (TPSA) is 34.1 Å². The quantitative estimate of drug-likeness (QED) is 0.763. The molecule has 2 rings (SSSR count). The first kappa shape index (κ1) is 16.1. The van der Waals surface area contributed by atoms with Crippen molar-refractivity contribution in [2.24, 2.45) is 0 Å². The third-order valence-corrected chi connectivity index (χ3v) is 6.77. The van der Waals surface area contributed by atoms with E-state index in [0.29, 0.717) is 5.57 Å². The molecule has 6 heteroatoms. The molecule has 0 heterocycles. The Labute approximate surface area is 122 Å². The van der Waals surface area contributed by atoms with Crippen molar-refractivity contribution in [2.75, 3.05) is 0 Å². The van der Waals surface area contributed by atoms with Gasteiger partial charge in [-0.15, -0.1) is 0 Å². The van der Waals surface area contributed by atoms with Gasteiger partial charge in [-0.1, -0.05) is 29.3 Å². The fourth-order valence-electron chi connectivity index (χ4n) is 2.72. The maximum absolute atomic E-state index is 13.7. The van der Waals surface area contributed by atoms with Gasteiger partial charge in [-0.25, -0.2) is 8.42 Å². The molecule has 0 radical (unpaired) electrons. The maximum Gasteiger partial charge on any atom is 0.408 e. The first-order chi connectivity index (χ1) is 9.62. The van der Waals surface area contributed by atoms with E-state index >= 15 is 0 Å². The SMILES string of the molecule is CC1=C(C)C[C@@](C(F)(F)F)(S(=O)(=O)c2ccccc2)CC1. The van der Waals surface area contributed by atoms with Gasteiger partial charge in [-0.05, 0) is 45.2 Å². The Hall–Kier alpha value is -1.30. The Kier molecular flexibility index (Phi) is 3.95. The monoisotopic (exact) mass is 318 g/mol. The first-order valence-electron chi connectivity index (χ1n) is 6.63. The van der Waals surface area contributed by atoms with E-state index in [1.807, 2.05) is 0 Å². The van der Waals surface area contributed by atoms with Crippen LogP contribution in [-0.2, 0) is 9.84 Å². The number of sulfone groups is 1. The number of hydrogen-bond donors (Lipinski definition) is 0. The van der Waals surface area contributed by atoms with Gasteiger partial charge in [-0.2, -0.15) is 13.2 Å². The lowest BCUT2D eigenvalue weighted by molar-refractivity contribution is -0.164. The number of hydrogen-bond acceptors (Lipinski definition) is 2. The van der Waals surface area contributed by atoms with Crippen molar-refractivity contribution >= 4 is 9.84 Å². The molecule has 0 spiro atoms. The van der Waals surface area contributed by atoms with Gasteiger partial charge in [-0.3, -0.25) is 0 Å². The average Bonchev–Trinajstić information content (AvgIpc) is 2.41. The summed E-state index contributed by atoms with van der Waals surface area (Å²) in [5.74, 6) is 0. The molecule has 1 aliphatic carbocycles. The van der Waals surface area contributed by atoms with Crippen LogP contribution in [0.1, 0.15) is 33.1 Å². The number of benzene rings is 1. The van der Waals surface area contributed by atoms with Crippen LogP contribution in [-0.4, -0.2) is 19.3 Å². The number of rotatable bonds is 2. The maximum atomic E-state index is 13.7. The first-order valence-corrected chi connectivity index (χ1v) is 8.12. The van der Waals surface area contributed by atoms with E-state index < -0.39 is 33.6 Å². The predicted molar refractivity (Wildman–Crippen MR) is 74.6 cm³/mol. The molecule has 0 fully saturated rings. The van der Waals surface area contributed by atoms with Gasteiger partial charge in [0.05, 0.1) is 4.90 Å². The lowest BCUT2D eigenvalue weighted by Crippen LogP contribution is -2.53. The minimum atomic E-state index is -4.80. The van der Waals surface area contributed by atoms with Gasteiger partial charge in [0.15, 0.2) is 14.6 Å². The molecular formula is C15H17F3O2S. The van der Waals surface area contributed by atoms with Crippen molar-refractivity contribution in [2.45, 2.75) is 48.9 Å². The van der Waals surface area contributed by atoms with Gasteiger partial charge in [0, 0.05) is 0 Å². The van der Waals surface area contributed by atoms with E-state index in [0.717, 1.165) is 5.57 Å². The standard InChI is InChI=1S/C15H17F3O2S/c1-11-8-9-14(10-12(11)2,15(16,17)18)21(19,20)13-6-4-3-5-7-13/h3-7H,8-10H2,1-2H3/t14-/m0/s1. The predicted octanol–water partition coefficient (Wildman–Crippen LogP) is 4.28. The van der Waals surface area contributed by atoms with Gasteiger partial charge < -0.3 is 0 Å². The van der Waals surface area contributed by atoms with Crippen LogP contribution >= 0.6 is 0 Å². The second-order valence-electron chi connectivity index (χ2n) is 5.55. The van der Waals surface area contributed by atoms with Crippen LogP contribution in [0, 0.1) is 0 Å². The second-order valence-corrected chi connectivity index (χ2v) is 7.81. The Morgan fingerprint density at radius 3 is 2.10 bits per heavy atom. The molecule has 1 aromatic carbocycles. The largest absolute Gasteiger partial charge is 0.408 e. The lowest BCUT2D eigenvalue weighted by Gasteiger charge is -2.39. The Balaban J connectivity index is 2.64. The van der Waals surface area contributed by atoms with Crippen LogP contribution in [0.4, 0.5) is 13.2 Å². The van der Waals surface area contributed by atoms with Crippen LogP contribution in [0.15, 0.2) is 46.4 Å². The molecule has 1 aliphatic rings. The Morgan fingerprint density at radius 1 is 1.05 bits per heavy atom. The van der Waals surface area contributed by atoms with Crippen LogP contribution < -0.4 is 0 Å². The highest BCUT2D eigenvalue weighted by molar-refractivity contribution is 7.93. The Morgan fingerprint density at radius 2 is 1.62 bits per heavy atom. The number of allylic oxidation sites excluding steroid dienone is 2. The molecule has 2 nitrogen and oxygen atoms in total. The van der Waals surface area contributed by atoms with Crippen LogP contribution in [0.5, 0.6) is 0 Å². The summed E-state index contributed by atoms with van der Waals surface area (Å²) in [6.45, 7) is 3.33. The molecule has 1 atom stereocenters. The zero-order valence-corrected chi connectivity index (χ0v) is 12.7. The molecule has 1 aromatic rings. The molecule has 21 heavy (non-hydrogen) atoms. The van der Waals surface area contributed by atoms with Gasteiger partial charge in [0.25, 0.3) is 0 Å². The normalized spacial score (nSPS) is 24.2. The average molecular weight is 318 g/mol. The van der Waals surface area contributed by atoms with Crippen LogP contribution in [0.3, 0.4) is 0 Å². The highest BCUT2D eigenvalue weighted by Crippen LogP contribution is 2.50. The summed E-state index contributed by atoms with van der Waals surface area (Å²) in [4.78, 5) is -0.269. The van der Waals surface area contributed by atoms with Gasteiger partial charge in [0.2, 0.25) is 0 Å². The van der Waals surface area contributed by atoms with Crippen molar-refractivity contribution in [1.82, 2.24) is 0 Å². The molecule has 116 valence electrons. The third kappa shape index (κ3) is 2.50. The minimum Gasteiger partial charge on any atom is -0.223 e. The van der Waals surface area contributed by atoms with Crippen molar-refractivity contribution in [3.63, 3.8) is 0 Å². The van der Waals surface area contributed by atoms with E-state index in [1.54, 1.807) is 19.9 Å². The third-order valence-electron chi connectivity index (χ3n) is 4.27. The van der Waals surface area contributed by atoms with Crippen LogP contribution in [0.25, 0.3) is 0 Å². The fourth-order valence-corrected chi connectivity index (χ4v) is 4.77. The van der Waals surface area contributed by atoms with Crippen molar-refractivity contribution in [3.8, 4) is 0 Å². The molecule has 0 aromatic heterocycles. The zero-order chi connectivity index (χ0) is 15.9.